The highest BCUT2D eigenvalue weighted by atomic mass is 14.8. The lowest BCUT2D eigenvalue weighted by Crippen LogP contribution is -1.85. The van der Waals surface area contributed by atoms with Gasteiger partial charge in [-0.25, -0.2) is 0 Å². The lowest BCUT2D eigenvalue weighted by molar-refractivity contribution is 0.737. The van der Waals surface area contributed by atoms with Gasteiger partial charge in [-0.15, -0.1) is 0 Å². The Bertz CT molecular complexity index is 398. The monoisotopic (exact) mass is 211 g/mol. The van der Waals surface area contributed by atoms with E-state index in [4.69, 9.17) is 0 Å². The van der Waals surface area contributed by atoms with Crippen molar-refractivity contribution in [2.45, 2.75) is 32.6 Å². The molecule has 1 N–H and O–H groups in total. The number of benzene rings is 1. The van der Waals surface area contributed by atoms with Gasteiger partial charge in [0.1, 0.15) is 0 Å². The molecule has 1 aromatic carbocycles. The molecule has 0 spiro atoms. The molecule has 16 heavy (non-hydrogen) atoms. The summed E-state index contributed by atoms with van der Waals surface area (Å²) >= 11 is 0. The van der Waals surface area contributed by atoms with Gasteiger partial charge < -0.3 is 5.32 Å². The molecule has 1 rings (SSSR count). The Kier molecular flexibility index (Phi) is 6.45. The van der Waals surface area contributed by atoms with E-state index in [0.29, 0.717) is 0 Å². The first-order valence-electron chi connectivity index (χ1n) is 5.72. The second-order valence-electron chi connectivity index (χ2n) is 3.50. The van der Waals surface area contributed by atoms with E-state index in [0.717, 1.165) is 12.1 Å². The smallest absolute Gasteiger partial charge is 0.0459 e. The molecule has 0 saturated heterocycles. The summed E-state index contributed by atoms with van der Waals surface area (Å²) in [5, 5.41) is 2.98. The number of hydrogen-bond acceptors (Lipinski definition) is 1. The van der Waals surface area contributed by atoms with Crippen LogP contribution < -0.4 is 5.32 Å². The highest BCUT2D eigenvalue weighted by Gasteiger charge is 1.82. The molecule has 0 heterocycles. The Labute approximate surface area is 98.3 Å². The molecule has 0 aromatic heterocycles. The number of hydrogen-bond donors (Lipinski definition) is 1. The largest absolute Gasteiger partial charge is 0.314 e. The molecule has 0 radical (unpaired) electrons. The zero-order valence-corrected chi connectivity index (χ0v) is 9.72. The summed E-state index contributed by atoms with van der Waals surface area (Å²) in [7, 11) is 0. The molecule has 0 atom stereocenters. The van der Waals surface area contributed by atoms with Crippen LogP contribution in [-0.2, 0) is 0 Å². The minimum absolute atomic E-state index is 0.952. The van der Waals surface area contributed by atoms with Crippen molar-refractivity contribution in [1.82, 2.24) is 0 Å². The number of para-hydroxylation sites is 1. The van der Waals surface area contributed by atoms with E-state index in [1.165, 1.54) is 19.3 Å². The molecule has 0 aliphatic rings. The zero-order chi connectivity index (χ0) is 11.5. The van der Waals surface area contributed by atoms with Crippen LogP contribution in [0.2, 0.25) is 0 Å². The third kappa shape index (κ3) is 5.78. The summed E-state index contributed by atoms with van der Waals surface area (Å²) in [5.41, 5.74) is 1.00. The average molecular weight is 211 g/mol. The standard InChI is InChI=1S/C15H17N/c1-2-3-4-5-6-7-11-14-16-15-12-9-8-10-13-15/h8-10,12-13,16H,2-5H2,1H3. The third-order valence-corrected chi connectivity index (χ3v) is 2.10. The van der Waals surface area contributed by atoms with Gasteiger partial charge >= 0.3 is 0 Å². The first kappa shape index (κ1) is 12.2. The summed E-state index contributed by atoms with van der Waals surface area (Å²) in [6.45, 7) is 2.19. The highest BCUT2D eigenvalue weighted by molar-refractivity contribution is 5.48. The van der Waals surface area contributed by atoms with E-state index in [1.807, 2.05) is 30.3 Å². The lowest BCUT2D eigenvalue weighted by atomic mass is 10.2. The van der Waals surface area contributed by atoms with Gasteiger partial charge in [0.2, 0.25) is 0 Å². The number of rotatable bonds is 4. The van der Waals surface area contributed by atoms with Gasteiger partial charge in [0.05, 0.1) is 0 Å². The molecule has 1 nitrogen and oxygen atoms in total. The molecule has 0 aliphatic carbocycles. The van der Waals surface area contributed by atoms with Gasteiger partial charge in [0, 0.05) is 24.1 Å². The van der Waals surface area contributed by atoms with Crippen molar-refractivity contribution in [1.29, 1.82) is 0 Å². The van der Waals surface area contributed by atoms with Gasteiger partial charge in [-0.3, -0.25) is 0 Å². The van der Waals surface area contributed by atoms with Gasteiger partial charge in [-0.2, -0.15) is 0 Å². The third-order valence-electron chi connectivity index (χ3n) is 2.10. The summed E-state index contributed by atoms with van der Waals surface area (Å²) in [5.74, 6) is 8.67. The number of anilines is 1. The molecule has 1 aromatic rings. The minimum atomic E-state index is 0.952. The van der Waals surface area contributed by atoms with Crippen molar-refractivity contribution in [3.05, 3.63) is 30.3 Å². The molecule has 0 unspecified atom stereocenters. The maximum atomic E-state index is 3.04. The highest BCUT2D eigenvalue weighted by Crippen LogP contribution is 2.02. The van der Waals surface area contributed by atoms with Crippen molar-refractivity contribution >= 4 is 5.69 Å². The number of nitrogens with one attached hydrogen (secondary N) is 1. The summed E-state index contributed by atoms with van der Waals surface area (Å²) in [6.07, 6.45) is 4.62. The van der Waals surface area contributed by atoms with Crippen LogP contribution in [-0.4, -0.2) is 0 Å². The Morgan fingerprint density at radius 1 is 1.06 bits per heavy atom. The van der Waals surface area contributed by atoms with E-state index < -0.39 is 0 Å². The Hall–Kier alpha value is -1.86. The molecule has 1 heteroatoms. The second kappa shape index (κ2) is 8.45. The Morgan fingerprint density at radius 2 is 1.88 bits per heavy atom. The van der Waals surface area contributed by atoms with Gasteiger partial charge in [0.25, 0.3) is 0 Å². The molecular formula is C15H17N. The van der Waals surface area contributed by atoms with E-state index >= 15 is 0 Å². The molecule has 0 saturated carbocycles. The molecular weight excluding hydrogens is 194 g/mol. The second-order valence-corrected chi connectivity index (χ2v) is 3.50. The van der Waals surface area contributed by atoms with Crippen molar-refractivity contribution in [2.75, 3.05) is 5.32 Å². The van der Waals surface area contributed by atoms with Gasteiger partial charge in [0.15, 0.2) is 0 Å². The summed E-state index contributed by atoms with van der Waals surface area (Å²) < 4.78 is 0. The van der Waals surface area contributed by atoms with Crippen LogP contribution >= 0.6 is 0 Å². The molecule has 0 fully saturated rings. The minimum Gasteiger partial charge on any atom is -0.314 e. The maximum absolute atomic E-state index is 3.04. The molecule has 0 amide bonds. The van der Waals surface area contributed by atoms with Crippen molar-refractivity contribution in [2.24, 2.45) is 0 Å². The molecule has 0 bridgehead atoms. The van der Waals surface area contributed by atoms with E-state index in [2.05, 4.69) is 36.0 Å². The fraction of sp³-hybridized carbons (Fsp3) is 0.333. The molecule has 82 valence electrons. The normalized spacial score (nSPS) is 8.31. The van der Waals surface area contributed by atoms with Crippen LogP contribution in [0.3, 0.4) is 0 Å². The van der Waals surface area contributed by atoms with Crippen LogP contribution in [0.25, 0.3) is 0 Å². The van der Waals surface area contributed by atoms with Gasteiger partial charge in [-0.05, 0) is 24.5 Å². The summed E-state index contributed by atoms with van der Waals surface area (Å²) in [4.78, 5) is 0. The fourth-order valence-corrected chi connectivity index (χ4v) is 1.23. The fourth-order valence-electron chi connectivity index (χ4n) is 1.23. The lowest BCUT2D eigenvalue weighted by Gasteiger charge is -1.93. The predicted octanol–water partition coefficient (Wildman–Crippen LogP) is 3.64. The SMILES string of the molecule is CCCCCC#CC#CNc1ccccc1. The number of unbranched alkanes of at least 4 members (excludes halogenated alkanes) is 3. The Balaban J connectivity index is 2.23. The van der Waals surface area contributed by atoms with E-state index in [1.54, 1.807) is 0 Å². The first-order chi connectivity index (χ1) is 7.93. The first-order valence-corrected chi connectivity index (χ1v) is 5.72. The Morgan fingerprint density at radius 3 is 2.62 bits per heavy atom. The van der Waals surface area contributed by atoms with Crippen LogP contribution in [0.15, 0.2) is 30.3 Å². The maximum Gasteiger partial charge on any atom is 0.0459 e. The van der Waals surface area contributed by atoms with Crippen LogP contribution in [0, 0.1) is 23.8 Å². The topological polar surface area (TPSA) is 12.0 Å². The molecule has 0 aliphatic heterocycles. The van der Waals surface area contributed by atoms with Gasteiger partial charge in [-0.1, -0.05) is 43.9 Å². The quantitative estimate of drug-likeness (QED) is 0.455. The van der Waals surface area contributed by atoms with Crippen LogP contribution in [0.4, 0.5) is 5.69 Å². The van der Waals surface area contributed by atoms with Crippen molar-refractivity contribution in [3.8, 4) is 23.8 Å². The predicted molar refractivity (Wildman–Crippen MR) is 69.8 cm³/mol. The van der Waals surface area contributed by atoms with Crippen LogP contribution in [0.1, 0.15) is 32.6 Å². The van der Waals surface area contributed by atoms with Crippen LogP contribution in [0.5, 0.6) is 0 Å². The van der Waals surface area contributed by atoms with Crippen molar-refractivity contribution < 1.29 is 0 Å². The zero-order valence-electron chi connectivity index (χ0n) is 9.72. The van der Waals surface area contributed by atoms with E-state index in [-0.39, 0.29) is 0 Å². The van der Waals surface area contributed by atoms with Crippen molar-refractivity contribution in [3.63, 3.8) is 0 Å². The summed E-state index contributed by atoms with van der Waals surface area (Å²) in [6, 6.07) is 12.7. The average Bonchev–Trinajstić information content (AvgIpc) is 2.34. The van der Waals surface area contributed by atoms with E-state index in [9.17, 15) is 0 Å².